The van der Waals surface area contributed by atoms with Gasteiger partial charge in [0.05, 0.1) is 6.10 Å². The molecule has 0 aliphatic rings. The zero-order valence-electron chi connectivity index (χ0n) is 8.65. The predicted octanol–water partition coefficient (Wildman–Crippen LogP) is 2.54. The van der Waals surface area contributed by atoms with Gasteiger partial charge in [-0.25, -0.2) is 0 Å². The lowest BCUT2D eigenvalue weighted by molar-refractivity contribution is 0.114. The van der Waals surface area contributed by atoms with E-state index in [2.05, 4.69) is 0 Å². The second-order valence-electron chi connectivity index (χ2n) is 3.27. The van der Waals surface area contributed by atoms with Gasteiger partial charge in [-0.1, -0.05) is 30.3 Å². The van der Waals surface area contributed by atoms with Crippen LogP contribution in [-0.2, 0) is 4.74 Å². The van der Waals surface area contributed by atoms with E-state index in [1.807, 2.05) is 37.3 Å². The molecule has 0 saturated heterocycles. The van der Waals surface area contributed by atoms with Crippen molar-refractivity contribution in [1.29, 1.82) is 0 Å². The maximum Gasteiger partial charge on any atom is 0.0790 e. The van der Waals surface area contributed by atoms with Gasteiger partial charge in [-0.2, -0.15) is 0 Å². The van der Waals surface area contributed by atoms with Crippen LogP contribution in [0, 0.1) is 0 Å². The van der Waals surface area contributed by atoms with Crippen molar-refractivity contribution >= 4 is 0 Å². The Labute approximate surface area is 85.5 Å². The Bertz CT molecular complexity index is 233. The molecule has 0 aromatic heterocycles. The van der Waals surface area contributed by atoms with Crippen LogP contribution in [0.5, 0.6) is 0 Å². The van der Waals surface area contributed by atoms with Crippen LogP contribution in [0.3, 0.4) is 0 Å². The molecule has 0 aliphatic carbocycles. The summed E-state index contributed by atoms with van der Waals surface area (Å²) in [7, 11) is 0. The monoisotopic (exact) mass is 194 g/mol. The second kappa shape index (κ2) is 6.57. The first kappa shape index (κ1) is 11.2. The minimum absolute atomic E-state index is 0.350. The first-order chi connectivity index (χ1) is 6.84. The molecule has 0 heterocycles. The summed E-state index contributed by atoms with van der Waals surface area (Å²) < 4.78 is 5.21. The first-order valence-electron chi connectivity index (χ1n) is 5.15. The molecule has 1 aromatic rings. The third kappa shape index (κ3) is 3.90. The van der Waals surface area contributed by atoms with Gasteiger partial charge in [0.15, 0.2) is 0 Å². The minimum Gasteiger partial charge on any atom is -0.388 e. The average Bonchev–Trinajstić information content (AvgIpc) is 2.25. The molecule has 0 spiro atoms. The highest BCUT2D eigenvalue weighted by Crippen LogP contribution is 2.17. The molecule has 0 aliphatic heterocycles. The van der Waals surface area contributed by atoms with Crippen molar-refractivity contribution in [2.45, 2.75) is 25.9 Å². The molecule has 1 atom stereocenters. The van der Waals surface area contributed by atoms with Crippen LogP contribution < -0.4 is 0 Å². The maximum atomic E-state index is 9.76. The first-order valence-corrected chi connectivity index (χ1v) is 5.15. The van der Waals surface area contributed by atoms with Crippen molar-refractivity contribution in [2.24, 2.45) is 0 Å². The molecule has 0 fully saturated rings. The van der Waals surface area contributed by atoms with E-state index in [9.17, 15) is 5.11 Å². The Morgan fingerprint density at radius 3 is 2.64 bits per heavy atom. The van der Waals surface area contributed by atoms with Crippen LogP contribution in [0.2, 0.25) is 0 Å². The number of rotatable bonds is 6. The third-order valence-electron chi connectivity index (χ3n) is 2.15. The Kier molecular flexibility index (Phi) is 5.27. The summed E-state index contributed by atoms with van der Waals surface area (Å²) in [4.78, 5) is 0. The van der Waals surface area contributed by atoms with Gasteiger partial charge in [0.25, 0.3) is 0 Å². The van der Waals surface area contributed by atoms with Crippen LogP contribution in [0.4, 0.5) is 0 Å². The second-order valence-corrected chi connectivity index (χ2v) is 3.27. The van der Waals surface area contributed by atoms with Crippen LogP contribution in [0.15, 0.2) is 30.3 Å². The van der Waals surface area contributed by atoms with Gasteiger partial charge in [0, 0.05) is 13.2 Å². The van der Waals surface area contributed by atoms with E-state index in [0.717, 1.165) is 31.6 Å². The fourth-order valence-corrected chi connectivity index (χ4v) is 1.36. The van der Waals surface area contributed by atoms with Crippen molar-refractivity contribution < 1.29 is 9.84 Å². The predicted molar refractivity (Wildman–Crippen MR) is 57.1 cm³/mol. The molecule has 78 valence electrons. The van der Waals surface area contributed by atoms with E-state index in [0.29, 0.717) is 0 Å². The molecule has 2 heteroatoms. The molecule has 1 unspecified atom stereocenters. The Morgan fingerprint density at radius 2 is 2.00 bits per heavy atom. The van der Waals surface area contributed by atoms with Gasteiger partial charge >= 0.3 is 0 Å². The number of benzene rings is 1. The van der Waals surface area contributed by atoms with Gasteiger partial charge in [0.2, 0.25) is 0 Å². The molecule has 14 heavy (non-hydrogen) atoms. The molecular formula is C12H18O2. The van der Waals surface area contributed by atoms with Crippen molar-refractivity contribution in [3.63, 3.8) is 0 Å². The van der Waals surface area contributed by atoms with E-state index in [1.165, 1.54) is 0 Å². The Morgan fingerprint density at radius 1 is 1.29 bits per heavy atom. The molecule has 0 radical (unpaired) electrons. The summed E-state index contributed by atoms with van der Waals surface area (Å²) >= 11 is 0. The molecule has 2 nitrogen and oxygen atoms in total. The van der Waals surface area contributed by atoms with Crippen LogP contribution in [0.25, 0.3) is 0 Å². The summed E-state index contributed by atoms with van der Waals surface area (Å²) in [5, 5.41) is 9.76. The number of hydrogen-bond donors (Lipinski definition) is 1. The van der Waals surface area contributed by atoms with Gasteiger partial charge in [-0.05, 0) is 25.3 Å². The average molecular weight is 194 g/mol. The highest BCUT2D eigenvalue weighted by Gasteiger charge is 2.05. The van der Waals surface area contributed by atoms with E-state index in [1.54, 1.807) is 0 Å². The quantitative estimate of drug-likeness (QED) is 0.705. The van der Waals surface area contributed by atoms with Crippen LogP contribution in [0.1, 0.15) is 31.4 Å². The Balaban J connectivity index is 2.25. The maximum absolute atomic E-state index is 9.76. The minimum atomic E-state index is -0.350. The zero-order valence-corrected chi connectivity index (χ0v) is 8.65. The number of aliphatic hydroxyl groups excluding tert-OH is 1. The van der Waals surface area contributed by atoms with Crippen LogP contribution >= 0.6 is 0 Å². The van der Waals surface area contributed by atoms with Crippen LogP contribution in [-0.4, -0.2) is 18.3 Å². The van der Waals surface area contributed by atoms with Crippen molar-refractivity contribution in [3.05, 3.63) is 35.9 Å². The summed E-state index contributed by atoms with van der Waals surface area (Å²) in [6.45, 7) is 3.47. The highest BCUT2D eigenvalue weighted by atomic mass is 16.5. The molecule has 0 bridgehead atoms. The van der Waals surface area contributed by atoms with Gasteiger partial charge in [0.1, 0.15) is 0 Å². The SMILES string of the molecule is CCOCCCC(O)c1ccccc1. The van der Waals surface area contributed by atoms with Gasteiger partial charge in [-0.15, -0.1) is 0 Å². The number of hydrogen-bond acceptors (Lipinski definition) is 2. The van der Waals surface area contributed by atoms with Crippen molar-refractivity contribution in [1.82, 2.24) is 0 Å². The lowest BCUT2D eigenvalue weighted by atomic mass is 10.1. The highest BCUT2D eigenvalue weighted by molar-refractivity contribution is 5.16. The molecule has 1 rings (SSSR count). The normalized spacial score (nSPS) is 12.7. The van der Waals surface area contributed by atoms with Gasteiger partial charge in [-0.3, -0.25) is 0 Å². The number of ether oxygens (including phenoxy) is 1. The molecule has 0 amide bonds. The van der Waals surface area contributed by atoms with Crippen molar-refractivity contribution in [3.8, 4) is 0 Å². The topological polar surface area (TPSA) is 29.5 Å². The van der Waals surface area contributed by atoms with E-state index in [4.69, 9.17) is 4.74 Å². The fraction of sp³-hybridized carbons (Fsp3) is 0.500. The molecular weight excluding hydrogens is 176 g/mol. The number of aliphatic hydroxyl groups is 1. The van der Waals surface area contributed by atoms with E-state index >= 15 is 0 Å². The largest absolute Gasteiger partial charge is 0.388 e. The molecule has 1 N–H and O–H groups in total. The summed E-state index contributed by atoms with van der Waals surface area (Å²) in [5.41, 5.74) is 0.990. The van der Waals surface area contributed by atoms with E-state index in [-0.39, 0.29) is 6.10 Å². The fourth-order valence-electron chi connectivity index (χ4n) is 1.36. The smallest absolute Gasteiger partial charge is 0.0790 e. The lowest BCUT2D eigenvalue weighted by Gasteiger charge is -2.10. The lowest BCUT2D eigenvalue weighted by Crippen LogP contribution is -2.00. The summed E-state index contributed by atoms with van der Waals surface area (Å²) in [5.74, 6) is 0. The molecule has 0 saturated carbocycles. The summed E-state index contributed by atoms with van der Waals surface area (Å²) in [6, 6.07) is 9.75. The standard InChI is InChI=1S/C12H18O2/c1-2-14-10-6-9-12(13)11-7-4-3-5-8-11/h3-5,7-8,12-13H,2,6,9-10H2,1H3. The third-order valence-corrected chi connectivity index (χ3v) is 2.15. The van der Waals surface area contributed by atoms with Crippen molar-refractivity contribution in [2.75, 3.05) is 13.2 Å². The van der Waals surface area contributed by atoms with E-state index < -0.39 is 0 Å². The molecule has 1 aromatic carbocycles. The zero-order chi connectivity index (χ0) is 10.2. The summed E-state index contributed by atoms with van der Waals surface area (Å²) in [6.07, 6.45) is 1.32. The van der Waals surface area contributed by atoms with Gasteiger partial charge < -0.3 is 9.84 Å². The Hall–Kier alpha value is -0.860.